The summed E-state index contributed by atoms with van der Waals surface area (Å²) in [5, 5.41) is 4.70. The predicted octanol–water partition coefficient (Wildman–Crippen LogP) is 7.34. The van der Waals surface area contributed by atoms with Crippen molar-refractivity contribution in [3.05, 3.63) is 52.0 Å². The molecule has 1 aromatic carbocycles. The van der Waals surface area contributed by atoms with Crippen LogP contribution in [0.15, 0.2) is 56.4 Å². The summed E-state index contributed by atoms with van der Waals surface area (Å²) in [5.74, 6) is 4.50. The molecule has 4 rings (SSSR count). The third-order valence-corrected chi connectivity index (χ3v) is 12.9. The lowest BCUT2D eigenvalue weighted by Gasteiger charge is -2.41. The molecule has 1 aromatic rings. The van der Waals surface area contributed by atoms with Crippen molar-refractivity contribution >= 4 is 39.0 Å². The number of amides is 1. The van der Waals surface area contributed by atoms with Gasteiger partial charge >= 0.3 is 0 Å². The van der Waals surface area contributed by atoms with Crippen LogP contribution < -0.4 is 5.32 Å². The number of hydrogen-bond donors (Lipinski definition) is 1. The van der Waals surface area contributed by atoms with Crippen molar-refractivity contribution < 1.29 is 9.00 Å². The van der Waals surface area contributed by atoms with Crippen LogP contribution in [0.2, 0.25) is 0 Å². The Morgan fingerprint density at radius 1 is 1.19 bits per heavy atom. The highest BCUT2D eigenvalue weighted by Gasteiger charge is 2.32. The number of aliphatic imine (C=N–C) groups is 1. The highest BCUT2D eigenvalue weighted by Crippen LogP contribution is 2.37. The van der Waals surface area contributed by atoms with E-state index in [2.05, 4.69) is 61.7 Å². The quantitative estimate of drug-likeness (QED) is 0.251. The number of piperidine rings is 1. The summed E-state index contributed by atoms with van der Waals surface area (Å²) in [4.78, 5) is 21.7. The van der Waals surface area contributed by atoms with Crippen molar-refractivity contribution in [1.82, 2.24) is 14.5 Å². The van der Waals surface area contributed by atoms with Gasteiger partial charge in [0, 0.05) is 29.2 Å². The first kappa shape index (κ1) is 33.0. The third kappa shape index (κ3) is 7.99. The standard InChI is InChI=1S/C34H52N4O2S2/c1-8-29-17-14-24(3)34(36-29)41-26(5)35-33(39)32(23-27-12-10-11-13-27)28-15-18-31(19-16-28)42(7,40)38(9-2)30-20-21-37(6)25(4)22-30/h15-16,18-19,25,27,30,32H,5,7-14,17,20-23H2,1-4,6H3,(H,35,39). The summed E-state index contributed by atoms with van der Waals surface area (Å²) in [7, 11) is -0.484. The van der Waals surface area contributed by atoms with Crippen LogP contribution in [0.4, 0.5) is 0 Å². The fourth-order valence-corrected chi connectivity index (χ4v) is 9.48. The van der Waals surface area contributed by atoms with E-state index in [9.17, 15) is 9.00 Å². The highest BCUT2D eigenvalue weighted by molar-refractivity contribution is 8.06. The number of nitrogens with zero attached hydrogens (tertiary/aromatic N) is 3. The molecule has 2 fully saturated rings. The molecule has 42 heavy (non-hydrogen) atoms. The molecule has 8 heteroatoms. The minimum Gasteiger partial charge on any atom is -0.320 e. The Bertz CT molecular complexity index is 1280. The van der Waals surface area contributed by atoms with Crippen molar-refractivity contribution in [2.45, 2.75) is 115 Å². The molecule has 4 atom stereocenters. The molecule has 0 spiro atoms. The Balaban J connectivity index is 1.50. The van der Waals surface area contributed by atoms with Gasteiger partial charge in [0.25, 0.3) is 0 Å². The van der Waals surface area contributed by atoms with Gasteiger partial charge in [-0.1, -0.05) is 70.0 Å². The number of benzene rings is 1. The summed E-state index contributed by atoms with van der Waals surface area (Å²) in [6.45, 7) is 14.5. The Kier molecular flexibility index (Phi) is 11.6. The zero-order chi connectivity index (χ0) is 30.4. The number of carbonyl (C=O) groups is 1. The van der Waals surface area contributed by atoms with Crippen LogP contribution in [-0.4, -0.2) is 63.1 Å². The molecule has 6 nitrogen and oxygen atoms in total. The van der Waals surface area contributed by atoms with Crippen molar-refractivity contribution in [3.63, 3.8) is 0 Å². The molecule has 4 unspecified atom stereocenters. The first-order valence-electron chi connectivity index (χ1n) is 15.9. The van der Waals surface area contributed by atoms with E-state index in [1.807, 2.05) is 24.3 Å². The molecule has 0 bridgehead atoms. The van der Waals surface area contributed by atoms with Gasteiger partial charge in [-0.3, -0.25) is 9.79 Å². The van der Waals surface area contributed by atoms with Gasteiger partial charge in [0.2, 0.25) is 5.91 Å². The van der Waals surface area contributed by atoms with Crippen molar-refractivity contribution in [3.8, 4) is 0 Å². The van der Waals surface area contributed by atoms with Crippen LogP contribution in [0.5, 0.6) is 0 Å². The number of carbonyl (C=O) groups excluding carboxylic acids is 1. The number of allylic oxidation sites excluding steroid dienone is 1. The highest BCUT2D eigenvalue weighted by atomic mass is 32.2. The average Bonchev–Trinajstić information content (AvgIpc) is 3.48. The van der Waals surface area contributed by atoms with Crippen LogP contribution in [0.1, 0.15) is 103 Å². The van der Waals surface area contributed by atoms with Crippen LogP contribution in [0, 0.1) is 5.92 Å². The fraction of sp³-hybridized carbons (Fsp3) is 0.618. The Morgan fingerprint density at radius 2 is 1.88 bits per heavy atom. The van der Waals surface area contributed by atoms with Gasteiger partial charge in [-0.2, -0.15) is 0 Å². The maximum absolute atomic E-state index is 14.2. The molecule has 2 aliphatic heterocycles. The maximum Gasteiger partial charge on any atom is 0.232 e. The zero-order valence-corrected chi connectivity index (χ0v) is 28.1. The summed E-state index contributed by atoms with van der Waals surface area (Å²) >= 11 is 1.47. The van der Waals surface area contributed by atoms with Crippen molar-refractivity contribution in [2.24, 2.45) is 10.9 Å². The normalized spacial score (nSPS) is 24.4. The molecule has 2 heterocycles. The smallest absolute Gasteiger partial charge is 0.232 e. The van der Waals surface area contributed by atoms with Gasteiger partial charge in [0.1, 0.15) is 5.03 Å². The topological polar surface area (TPSA) is 65.0 Å². The summed E-state index contributed by atoms with van der Waals surface area (Å²) in [5.41, 5.74) is 3.42. The number of rotatable bonds is 12. The molecule has 3 aliphatic rings. The fourth-order valence-electron chi connectivity index (χ4n) is 6.72. The molecule has 0 radical (unpaired) electrons. The lowest BCUT2D eigenvalue weighted by Crippen LogP contribution is -2.49. The van der Waals surface area contributed by atoms with E-state index in [1.54, 1.807) is 0 Å². The Labute approximate surface area is 259 Å². The van der Waals surface area contributed by atoms with Crippen molar-refractivity contribution in [2.75, 3.05) is 20.1 Å². The second-order valence-corrected chi connectivity index (χ2v) is 15.8. The summed E-state index contributed by atoms with van der Waals surface area (Å²) < 4.78 is 16.3. The lowest BCUT2D eigenvalue weighted by molar-refractivity contribution is -0.122. The molecule has 1 amide bonds. The van der Waals surface area contributed by atoms with Gasteiger partial charge in [0.15, 0.2) is 0 Å². The van der Waals surface area contributed by atoms with Gasteiger partial charge < -0.3 is 10.2 Å². The van der Waals surface area contributed by atoms with Crippen LogP contribution in [0.3, 0.4) is 0 Å². The van der Waals surface area contributed by atoms with Gasteiger partial charge in [-0.05, 0) is 101 Å². The van der Waals surface area contributed by atoms with Gasteiger partial charge in [0.05, 0.1) is 20.7 Å². The summed E-state index contributed by atoms with van der Waals surface area (Å²) in [6, 6.07) is 8.61. The van der Waals surface area contributed by atoms with E-state index in [0.717, 1.165) is 60.6 Å². The van der Waals surface area contributed by atoms with E-state index < -0.39 is 9.71 Å². The number of likely N-dealkylation sites (tertiary alicyclic amines) is 1. The first-order valence-corrected chi connectivity index (χ1v) is 18.4. The second-order valence-electron chi connectivity index (χ2n) is 12.5. The maximum atomic E-state index is 14.2. The summed E-state index contributed by atoms with van der Waals surface area (Å²) in [6.07, 6.45) is 10.6. The zero-order valence-electron chi connectivity index (χ0n) is 26.5. The molecular formula is C34H52N4O2S2. The Morgan fingerprint density at radius 3 is 2.50 bits per heavy atom. The SMILES string of the molecule is C=C(NC(=O)C(CC1CCCC1)c1ccc(S(=C)(=O)N(CC)C2CCN(C)C(C)C2)cc1)SC1=C(C)CCC(CC)=N1. The molecule has 0 aromatic heterocycles. The van der Waals surface area contributed by atoms with Crippen LogP contribution >= 0.6 is 11.8 Å². The minimum atomic E-state index is -2.64. The number of nitrogens with one attached hydrogen (secondary N) is 1. The van der Waals surface area contributed by atoms with Crippen molar-refractivity contribution in [1.29, 1.82) is 0 Å². The number of thioether (sulfide) groups is 1. The van der Waals surface area contributed by atoms with E-state index in [-0.39, 0.29) is 17.9 Å². The molecule has 1 saturated carbocycles. The Hall–Kier alpha value is -1.87. The lowest BCUT2D eigenvalue weighted by atomic mass is 9.87. The van der Waals surface area contributed by atoms with Crippen LogP contribution in [-0.2, 0) is 14.5 Å². The third-order valence-electron chi connectivity index (χ3n) is 9.59. The molecule has 1 saturated heterocycles. The van der Waals surface area contributed by atoms with E-state index >= 15 is 0 Å². The molecule has 1 aliphatic carbocycles. The molecule has 1 N–H and O–H groups in total. The van der Waals surface area contributed by atoms with Crippen LogP contribution in [0.25, 0.3) is 0 Å². The van der Waals surface area contributed by atoms with E-state index in [1.165, 1.54) is 48.7 Å². The molecule has 232 valence electrons. The monoisotopic (exact) mass is 612 g/mol. The van der Waals surface area contributed by atoms with Gasteiger partial charge in [-0.15, -0.1) is 0 Å². The largest absolute Gasteiger partial charge is 0.320 e. The minimum absolute atomic E-state index is 0.0215. The van der Waals surface area contributed by atoms with E-state index in [4.69, 9.17) is 4.99 Å². The predicted molar refractivity (Wildman–Crippen MR) is 181 cm³/mol. The molecular weight excluding hydrogens is 561 g/mol. The number of hydrogen-bond acceptors (Lipinski definition) is 5. The average molecular weight is 613 g/mol. The second kappa shape index (κ2) is 14.7. The van der Waals surface area contributed by atoms with Gasteiger partial charge in [-0.25, -0.2) is 8.51 Å². The van der Waals surface area contributed by atoms with E-state index in [0.29, 0.717) is 23.5 Å². The first-order chi connectivity index (χ1) is 20.0.